The van der Waals surface area contributed by atoms with E-state index in [9.17, 15) is 0 Å². The molecule has 18 heavy (non-hydrogen) atoms. The van der Waals surface area contributed by atoms with Crippen LogP contribution in [0.15, 0.2) is 12.1 Å². The van der Waals surface area contributed by atoms with Gasteiger partial charge in [0.05, 0.1) is 5.69 Å². The first kappa shape index (κ1) is 11.9. The zero-order chi connectivity index (χ0) is 12.5. The van der Waals surface area contributed by atoms with Gasteiger partial charge in [-0.15, -0.1) is 0 Å². The maximum atomic E-state index is 6.17. The molecule has 1 unspecified atom stereocenters. The molecule has 1 atom stereocenters. The van der Waals surface area contributed by atoms with Gasteiger partial charge in [-0.2, -0.15) is 0 Å². The van der Waals surface area contributed by atoms with Crippen molar-refractivity contribution in [1.29, 1.82) is 0 Å². The van der Waals surface area contributed by atoms with Gasteiger partial charge in [0.15, 0.2) is 11.5 Å². The molecule has 5 heteroatoms. The lowest BCUT2D eigenvalue weighted by Crippen LogP contribution is -2.50. The molecule has 1 N–H and O–H groups in total. The van der Waals surface area contributed by atoms with Crippen molar-refractivity contribution in [1.82, 2.24) is 5.32 Å². The van der Waals surface area contributed by atoms with E-state index in [-0.39, 0.29) is 0 Å². The Balaban J connectivity index is 2.01. The number of piperazine rings is 1. The van der Waals surface area contributed by atoms with E-state index in [1.54, 1.807) is 0 Å². The number of fused-ring (bicyclic) bond motifs is 1. The third kappa shape index (κ3) is 2.10. The minimum Gasteiger partial charge on any atom is -0.486 e. The molecule has 0 aromatic heterocycles. The van der Waals surface area contributed by atoms with Crippen LogP contribution in [0.25, 0.3) is 0 Å². The van der Waals surface area contributed by atoms with Crippen molar-refractivity contribution in [3.8, 4) is 11.5 Å². The number of ether oxygens (including phenoxy) is 2. The molecular weight excluding hydrogens is 252 g/mol. The zero-order valence-electron chi connectivity index (χ0n) is 10.4. The summed E-state index contributed by atoms with van der Waals surface area (Å²) in [5.74, 6) is 1.59. The van der Waals surface area contributed by atoms with E-state index in [2.05, 4.69) is 17.1 Å². The van der Waals surface area contributed by atoms with Crippen molar-refractivity contribution in [3.63, 3.8) is 0 Å². The van der Waals surface area contributed by atoms with Crippen LogP contribution < -0.4 is 19.7 Å². The first-order valence-electron chi connectivity index (χ1n) is 6.32. The van der Waals surface area contributed by atoms with Crippen LogP contribution in [0, 0.1) is 0 Å². The molecule has 1 aromatic carbocycles. The molecule has 0 bridgehead atoms. The second-order valence-electron chi connectivity index (χ2n) is 4.70. The number of rotatable bonds is 1. The van der Waals surface area contributed by atoms with Crippen LogP contribution in [0.4, 0.5) is 5.69 Å². The fourth-order valence-corrected chi connectivity index (χ4v) is 2.72. The van der Waals surface area contributed by atoms with Crippen LogP contribution in [0.5, 0.6) is 11.5 Å². The molecule has 2 aliphatic heterocycles. The zero-order valence-corrected chi connectivity index (χ0v) is 11.2. The van der Waals surface area contributed by atoms with Crippen LogP contribution in [0.1, 0.15) is 6.92 Å². The molecule has 1 saturated heterocycles. The molecule has 98 valence electrons. The van der Waals surface area contributed by atoms with Gasteiger partial charge in [0.25, 0.3) is 0 Å². The topological polar surface area (TPSA) is 33.7 Å². The van der Waals surface area contributed by atoms with E-state index in [1.165, 1.54) is 0 Å². The largest absolute Gasteiger partial charge is 0.486 e. The summed E-state index contributed by atoms with van der Waals surface area (Å²) in [6.07, 6.45) is 0. The Morgan fingerprint density at radius 1 is 1.33 bits per heavy atom. The Bertz CT molecular complexity index is 453. The average Bonchev–Trinajstić information content (AvgIpc) is 2.38. The first-order valence-corrected chi connectivity index (χ1v) is 6.70. The Hall–Kier alpha value is -1.13. The summed E-state index contributed by atoms with van der Waals surface area (Å²) in [6, 6.07) is 4.22. The summed E-state index contributed by atoms with van der Waals surface area (Å²) in [5, 5.41) is 4.08. The van der Waals surface area contributed by atoms with Gasteiger partial charge in [0.2, 0.25) is 0 Å². The van der Waals surface area contributed by atoms with Crippen molar-refractivity contribution < 1.29 is 9.47 Å². The lowest BCUT2D eigenvalue weighted by molar-refractivity contribution is 0.172. The Morgan fingerprint density at radius 3 is 3.00 bits per heavy atom. The maximum Gasteiger partial charge on any atom is 0.184 e. The molecule has 1 fully saturated rings. The Labute approximate surface area is 112 Å². The van der Waals surface area contributed by atoms with Crippen LogP contribution in [0.2, 0.25) is 5.02 Å². The normalized spacial score (nSPS) is 23.0. The summed E-state index contributed by atoms with van der Waals surface area (Å²) in [5.41, 5.74) is 1.05. The molecule has 0 amide bonds. The summed E-state index contributed by atoms with van der Waals surface area (Å²) in [6.45, 7) is 6.29. The van der Waals surface area contributed by atoms with Gasteiger partial charge in [-0.05, 0) is 13.0 Å². The molecule has 2 aliphatic rings. The second-order valence-corrected chi connectivity index (χ2v) is 5.13. The lowest BCUT2D eigenvalue weighted by atomic mass is 10.1. The van der Waals surface area contributed by atoms with Gasteiger partial charge in [-0.1, -0.05) is 11.6 Å². The third-order valence-corrected chi connectivity index (χ3v) is 3.62. The average molecular weight is 269 g/mol. The molecule has 4 nitrogen and oxygen atoms in total. The number of hydrogen-bond donors (Lipinski definition) is 1. The van der Waals surface area contributed by atoms with Gasteiger partial charge in [-0.25, -0.2) is 0 Å². The smallest absolute Gasteiger partial charge is 0.184 e. The quantitative estimate of drug-likeness (QED) is 0.844. The summed E-state index contributed by atoms with van der Waals surface area (Å²) in [4.78, 5) is 2.33. The highest BCUT2D eigenvalue weighted by Crippen LogP contribution is 2.42. The highest BCUT2D eigenvalue weighted by Gasteiger charge is 2.25. The van der Waals surface area contributed by atoms with Crippen LogP contribution >= 0.6 is 11.6 Å². The molecule has 0 spiro atoms. The van der Waals surface area contributed by atoms with E-state index in [4.69, 9.17) is 21.1 Å². The van der Waals surface area contributed by atoms with Gasteiger partial charge < -0.3 is 19.7 Å². The lowest BCUT2D eigenvalue weighted by Gasteiger charge is -2.37. The fourth-order valence-electron chi connectivity index (χ4n) is 2.51. The molecule has 0 aliphatic carbocycles. The van der Waals surface area contributed by atoms with Gasteiger partial charge >= 0.3 is 0 Å². The van der Waals surface area contributed by atoms with Gasteiger partial charge in [0.1, 0.15) is 13.2 Å². The predicted molar refractivity (Wildman–Crippen MR) is 72.1 cm³/mol. The van der Waals surface area contributed by atoms with E-state index in [0.717, 1.165) is 36.8 Å². The van der Waals surface area contributed by atoms with Gasteiger partial charge in [0, 0.05) is 36.8 Å². The number of hydrogen-bond acceptors (Lipinski definition) is 4. The first-order chi connectivity index (χ1) is 8.75. The number of halogens is 1. The number of benzene rings is 1. The van der Waals surface area contributed by atoms with Crippen LogP contribution in [0.3, 0.4) is 0 Å². The van der Waals surface area contributed by atoms with E-state index in [1.807, 2.05) is 12.1 Å². The standard InChI is InChI=1S/C13H17ClN2O2/c1-9-8-15-2-3-16(9)11-6-10(14)7-12-13(11)18-5-4-17-12/h6-7,9,15H,2-5,8H2,1H3. The van der Waals surface area contributed by atoms with Crippen molar-refractivity contribution >= 4 is 17.3 Å². The second kappa shape index (κ2) is 4.86. The van der Waals surface area contributed by atoms with Crippen molar-refractivity contribution in [2.45, 2.75) is 13.0 Å². The third-order valence-electron chi connectivity index (χ3n) is 3.40. The maximum absolute atomic E-state index is 6.17. The molecule has 0 saturated carbocycles. The predicted octanol–water partition coefficient (Wildman–Crippen LogP) is 1.91. The summed E-state index contributed by atoms with van der Waals surface area (Å²) >= 11 is 6.17. The minimum atomic E-state index is 0.423. The van der Waals surface area contributed by atoms with Gasteiger partial charge in [-0.3, -0.25) is 0 Å². The molecule has 0 radical (unpaired) electrons. The number of nitrogens with zero attached hydrogens (tertiary/aromatic N) is 1. The Kier molecular flexibility index (Phi) is 3.22. The SMILES string of the molecule is CC1CNCCN1c1cc(Cl)cc2c1OCCO2. The van der Waals surface area contributed by atoms with E-state index < -0.39 is 0 Å². The molecule has 2 heterocycles. The number of anilines is 1. The van der Waals surface area contributed by atoms with E-state index >= 15 is 0 Å². The van der Waals surface area contributed by atoms with Crippen molar-refractivity contribution in [3.05, 3.63) is 17.2 Å². The van der Waals surface area contributed by atoms with Crippen molar-refractivity contribution in [2.75, 3.05) is 37.7 Å². The number of nitrogens with one attached hydrogen (secondary N) is 1. The highest BCUT2D eigenvalue weighted by atomic mass is 35.5. The summed E-state index contributed by atoms with van der Waals surface area (Å²) in [7, 11) is 0. The van der Waals surface area contributed by atoms with Crippen LogP contribution in [-0.4, -0.2) is 38.9 Å². The van der Waals surface area contributed by atoms with Crippen LogP contribution in [-0.2, 0) is 0 Å². The fraction of sp³-hybridized carbons (Fsp3) is 0.538. The highest BCUT2D eigenvalue weighted by molar-refractivity contribution is 6.31. The summed E-state index contributed by atoms with van der Waals surface area (Å²) < 4.78 is 11.4. The monoisotopic (exact) mass is 268 g/mol. The molecule has 3 rings (SSSR count). The van der Waals surface area contributed by atoms with E-state index in [0.29, 0.717) is 24.3 Å². The minimum absolute atomic E-state index is 0.423. The molecular formula is C13H17ClN2O2. The molecule has 1 aromatic rings. The Morgan fingerprint density at radius 2 is 2.17 bits per heavy atom. The van der Waals surface area contributed by atoms with Crippen molar-refractivity contribution in [2.24, 2.45) is 0 Å².